The van der Waals surface area contributed by atoms with Crippen molar-refractivity contribution in [2.45, 2.75) is 39.5 Å². The molecule has 3 heterocycles. The lowest BCUT2D eigenvalue weighted by Gasteiger charge is -2.19. The summed E-state index contributed by atoms with van der Waals surface area (Å²) in [5, 5.41) is 12.2. The minimum absolute atomic E-state index is 0.0454. The van der Waals surface area contributed by atoms with Gasteiger partial charge in [-0.2, -0.15) is 15.2 Å². The Labute approximate surface area is 287 Å². The van der Waals surface area contributed by atoms with Crippen molar-refractivity contribution in [2.24, 2.45) is 0 Å². The minimum Gasteiger partial charge on any atom is -0.471 e. The molecule has 2 aromatic carbocycles. The highest BCUT2D eigenvalue weighted by atomic mass is 32.1. The monoisotopic (exact) mass is 680 g/mol. The number of nitrogens with one attached hydrogen (secondary N) is 2. The maximum Gasteiger partial charge on any atom is 0.407 e. The molecular weight excluding hydrogens is 645 g/mol. The van der Waals surface area contributed by atoms with Crippen LogP contribution in [0.2, 0.25) is 0 Å². The van der Waals surface area contributed by atoms with Crippen LogP contribution in [0.15, 0.2) is 72.6 Å². The van der Waals surface area contributed by atoms with Crippen LogP contribution in [0.3, 0.4) is 0 Å². The predicted molar refractivity (Wildman–Crippen MR) is 188 cm³/mol. The molecule has 0 fully saturated rings. The third kappa shape index (κ3) is 9.55. The lowest BCUT2D eigenvalue weighted by Crippen LogP contribution is -2.28. The molecule has 49 heavy (non-hydrogen) atoms. The van der Waals surface area contributed by atoms with Gasteiger partial charge in [-0.1, -0.05) is 36.4 Å². The van der Waals surface area contributed by atoms with Gasteiger partial charge in [-0.15, -0.1) is 11.3 Å². The summed E-state index contributed by atoms with van der Waals surface area (Å²) in [5.41, 5.74) is 9.80. The van der Waals surface area contributed by atoms with Gasteiger partial charge in [-0.05, 0) is 67.8 Å². The summed E-state index contributed by atoms with van der Waals surface area (Å²) < 4.78 is 16.5. The Bertz CT molecular complexity index is 1990. The molecule has 4 N–H and O–H groups in total. The van der Waals surface area contributed by atoms with Crippen LogP contribution in [0.5, 0.6) is 5.88 Å². The van der Waals surface area contributed by atoms with E-state index in [-0.39, 0.29) is 24.7 Å². The number of ether oxygens (including phenoxy) is 3. The molecule has 252 valence electrons. The average Bonchev–Trinajstić information content (AvgIpc) is 3.75. The second-order valence-electron chi connectivity index (χ2n) is 11.9. The number of nitrogen functional groups attached to an aromatic ring is 1. The van der Waals surface area contributed by atoms with E-state index in [1.54, 1.807) is 26.8 Å². The van der Waals surface area contributed by atoms with E-state index in [1.807, 2.05) is 78.7 Å². The standard InChI is InChI=1S/C35H36N8O5S/c1-35(2,3)48-32(44)25(18-36)17-27-13-14-28(49-27)24-9-11-26(12-10-24)43(4)15-16-46-34(45)38-19-22-5-7-23(8-6-22)20-47-31-29-30(40-21-39-29)41-33(37)42-31/h5-14,17,21H,15-16,19-20H2,1-4H3,(H,38,45)(H3,37,39,40,41,42)/b25-17+. The fourth-order valence-electron chi connectivity index (χ4n) is 4.54. The number of nitriles is 1. The van der Waals surface area contributed by atoms with Crippen LogP contribution in [0.4, 0.5) is 16.4 Å². The van der Waals surface area contributed by atoms with Crippen LogP contribution in [0.25, 0.3) is 27.7 Å². The molecule has 0 radical (unpaired) electrons. The number of anilines is 2. The van der Waals surface area contributed by atoms with Crippen molar-refractivity contribution in [3.05, 3.63) is 88.6 Å². The van der Waals surface area contributed by atoms with E-state index < -0.39 is 17.7 Å². The first-order chi connectivity index (χ1) is 23.5. The normalized spacial score (nSPS) is 11.5. The number of esters is 1. The first-order valence-electron chi connectivity index (χ1n) is 15.3. The predicted octanol–water partition coefficient (Wildman–Crippen LogP) is 5.85. The zero-order valence-electron chi connectivity index (χ0n) is 27.5. The highest BCUT2D eigenvalue weighted by molar-refractivity contribution is 7.16. The van der Waals surface area contributed by atoms with Gasteiger partial charge in [0.1, 0.15) is 30.5 Å². The van der Waals surface area contributed by atoms with E-state index in [9.17, 15) is 14.9 Å². The number of imidazole rings is 1. The number of carbonyl (C=O) groups excluding carboxylic acids is 2. The van der Waals surface area contributed by atoms with Crippen LogP contribution in [-0.4, -0.2) is 57.8 Å². The molecule has 0 saturated carbocycles. The van der Waals surface area contributed by atoms with Gasteiger partial charge in [0.15, 0.2) is 11.2 Å². The van der Waals surface area contributed by atoms with Crippen LogP contribution >= 0.6 is 11.3 Å². The van der Waals surface area contributed by atoms with E-state index in [1.165, 1.54) is 17.7 Å². The lowest BCUT2D eigenvalue weighted by molar-refractivity contribution is -0.149. The number of nitrogens with two attached hydrogens (primary N) is 1. The number of likely N-dealkylation sites (N-methyl/N-ethyl adjacent to an activating group) is 1. The number of aromatic nitrogens is 4. The molecule has 0 aliphatic heterocycles. The molecule has 0 spiro atoms. The molecule has 0 aliphatic carbocycles. The molecular formula is C35H36N8O5S. The van der Waals surface area contributed by atoms with Crippen molar-refractivity contribution in [1.82, 2.24) is 25.3 Å². The molecule has 0 bridgehead atoms. The zero-order valence-corrected chi connectivity index (χ0v) is 28.3. The molecule has 3 aromatic heterocycles. The summed E-state index contributed by atoms with van der Waals surface area (Å²) in [6.45, 7) is 6.56. The van der Waals surface area contributed by atoms with Gasteiger partial charge in [0.25, 0.3) is 0 Å². The van der Waals surface area contributed by atoms with E-state index in [0.29, 0.717) is 30.1 Å². The van der Waals surface area contributed by atoms with Gasteiger partial charge >= 0.3 is 12.1 Å². The zero-order chi connectivity index (χ0) is 35.0. The number of benzene rings is 2. The summed E-state index contributed by atoms with van der Waals surface area (Å²) >= 11 is 1.47. The Hall–Kier alpha value is -5.94. The van der Waals surface area contributed by atoms with Gasteiger partial charge < -0.3 is 35.1 Å². The number of hydrogen-bond donors (Lipinski definition) is 3. The van der Waals surface area contributed by atoms with Crippen molar-refractivity contribution in [3.63, 3.8) is 0 Å². The smallest absolute Gasteiger partial charge is 0.407 e. The van der Waals surface area contributed by atoms with Crippen LogP contribution in [-0.2, 0) is 27.4 Å². The first-order valence-corrected chi connectivity index (χ1v) is 16.1. The molecule has 5 rings (SSSR count). The van der Waals surface area contributed by atoms with Crippen molar-refractivity contribution < 1.29 is 23.8 Å². The van der Waals surface area contributed by atoms with Gasteiger partial charge in [-0.3, -0.25) is 0 Å². The molecule has 14 heteroatoms. The summed E-state index contributed by atoms with van der Waals surface area (Å²) in [6, 6.07) is 21.3. The van der Waals surface area contributed by atoms with Crippen molar-refractivity contribution >= 4 is 52.3 Å². The van der Waals surface area contributed by atoms with Gasteiger partial charge in [0.2, 0.25) is 11.8 Å². The first kappa shape index (κ1) is 34.4. The maximum atomic E-state index is 12.3. The van der Waals surface area contributed by atoms with Crippen molar-refractivity contribution in [2.75, 3.05) is 30.8 Å². The molecule has 13 nitrogen and oxygen atoms in total. The number of rotatable bonds is 12. The van der Waals surface area contributed by atoms with E-state index >= 15 is 0 Å². The number of hydrogen-bond acceptors (Lipinski definition) is 12. The summed E-state index contributed by atoms with van der Waals surface area (Å²) in [6.07, 6.45) is 2.55. The Balaban J connectivity index is 1.04. The molecule has 0 unspecified atom stereocenters. The summed E-state index contributed by atoms with van der Waals surface area (Å²) in [5.74, 6) is -0.247. The molecule has 0 saturated heterocycles. The third-order valence-corrected chi connectivity index (χ3v) is 8.09. The number of alkyl carbamates (subject to hydrolysis) is 1. The van der Waals surface area contributed by atoms with Crippen LogP contribution in [0, 0.1) is 11.3 Å². The van der Waals surface area contributed by atoms with Gasteiger partial charge in [-0.25, -0.2) is 14.6 Å². The van der Waals surface area contributed by atoms with Crippen molar-refractivity contribution in [1.29, 1.82) is 5.26 Å². The molecule has 0 atom stereocenters. The SMILES string of the molecule is CN(CCOC(=O)NCc1ccc(COc2nc(N)nc3[nH]cnc23)cc1)c1ccc(-c2ccc(/C=C(\C#N)C(=O)OC(C)(C)C)s2)cc1. The highest BCUT2D eigenvalue weighted by Gasteiger charge is 2.20. The second kappa shape index (κ2) is 15.3. The fourth-order valence-corrected chi connectivity index (χ4v) is 5.50. The molecule has 5 aromatic rings. The highest BCUT2D eigenvalue weighted by Crippen LogP contribution is 2.31. The number of fused-ring (bicyclic) bond motifs is 1. The molecule has 0 aliphatic rings. The number of amides is 1. The average molecular weight is 681 g/mol. The quantitative estimate of drug-likeness (QED) is 0.0816. The Morgan fingerprint density at radius 1 is 1.06 bits per heavy atom. The van der Waals surface area contributed by atoms with Gasteiger partial charge in [0, 0.05) is 29.0 Å². The fraction of sp³-hybridized carbons (Fsp3) is 0.257. The number of carbonyl (C=O) groups is 2. The van der Waals surface area contributed by atoms with Gasteiger partial charge in [0.05, 0.1) is 12.9 Å². The number of aromatic amines is 1. The van der Waals surface area contributed by atoms with E-state index in [2.05, 4.69) is 25.3 Å². The van der Waals surface area contributed by atoms with Crippen LogP contribution < -0.4 is 20.7 Å². The second-order valence-corrected chi connectivity index (χ2v) is 13.0. The number of H-pyrrole nitrogens is 1. The third-order valence-electron chi connectivity index (χ3n) is 7.00. The number of nitrogens with zero attached hydrogens (tertiary/aromatic N) is 5. The maximum absolute atomic E-state index is 12.3. The minimum atomic E-state index is -0.681. The topological polar surface area (TPSA) is 181 Å². The van der Waals surface area contributed by atoms with E-state index in [4.69, 9.17) is 19.9 Å². The Kier molecular flexibility index (Phi) is 10.7. The van der Waals surface area contributed by atoms with Crippen LogP contribution in [0.1, 0.15) is 36.8 Å². The Morgan fingerprint density at radius 2 is 1.80 bits per heavy atom. The lowest BCUT2D eigenvalue weighted by atomic mass is 10.1. The summed E-state index contributed by atoms with van der Waals surface area (Å²) in [4.78, 5) is 43.6. The number of thiophene rings is 1. The Morgan fingerprint density at radius 3 is 2.51 bits per heavy atom. The molecule has 1 amide bonds. The largest absolute Gasteiger partial charge is 0.471 e. The van der Waals surface area contributed by atoms with E-state index in [0.717, 1.165) is 32.1 Å². The van der Waals surface area contributed by atoms with Crippen molar-refractivity contribution in [3.8, 4) is 22.4 Å². The summed E-state index contributed by atoms with van der Waals surface area (Å²) in [7, 11) is 1.92.